The average Bonchev–Trinajstić information content (AvgIpc) is 3.54. The van der Waals surface area contributed by atoms with Crippen molar-refractivity contribution in [3.05, 3.63) is 65.0 Å². The van der Waals surface area contributed by atoms with Crippen LogP contribution in [-0.2, 0) is 10.9 Å². The standard InChI is InChI=1S/C23H18ClF3N10O3/c1-22(2,3)40-21(39)35-17-7-16(15(24)11-29-17)36-18(23(25,26)27)14(10-33-36)20(38)34-13-6-12(8-28)19(30-9-13)37-31-4-5-32-37/h4-7,9-11H,1-3H3,(H,34,38)(H,29,35,39). The van der Waals surface area contributed by atoms with E-state index in [0.717, 1.165) is 23.3 Å². The quantitative estimate of drug-likeness (QED) is 0.351. The molecule has 4 heterocycles. The summed E-state index contributed by atoms with van der Waals surface area (Å²) in [7, 11) is 0. The molecule has 0 saturated heterocycles. The highest BCUT2D eigenvalue weighted by molar-refractivity contribution is 6.32. The number of ether oxygens (including phenoxy) is 1. The monoisotopic (exact) mass is 574 g/mol. The lowest BCUT2D eigenvalue weighted by atomic mass is 10.2. The molecule has 13 nitrogen and oxygen atoms in total. The predicted octanol–water partition coefficient (Wildman–Crippen LogP) is 4.39. The van der Waals surface area contributed by atoms with Crippen LogP contribution in [0.4, 0.5) is 29.5 Å². The fourth-order valence-electron chi connectivity index (χ4n) is 3.33. The summed E-state index contributed by atoms with van der Waals surface area (Å²) in [6, 6.07) is 4.11. The van der Waals surface area contributed by atoms with Crippen molar-refractivity contribution in [3.8, 4) is 17.6 Å². The van der Waals surface area contributed by atoms with E-state index in [2.05, 4.69) is 35.9 Å². The summed E-state index contributed by atoms with van der Waals surface area (Å²) in [5.41, 5.74) is -3.57. The molecule has 0 aliphatic rings. The van der Waals surface area contributed by atoms with Gasteiger partial charge in [-0.1, -0.05) is 11.6 Å². The Morgan fingerprint density at radius 3 is 2.35 bits per heavy atom. The van der Waals surface area contributed by atoms with Crippen LogP contribution in [0, 0.1) is 11.3 Å². The summed E-state index contributed by atoms with van der Waals surface area (Å²) in [6.07, 6.45) is -0.401. The molecule has 4 rings (SSSR count). The SMILES string of the molecule is CC(C)(C)OC(=O)Nc1cc(-n2ncc(C(=O)Nc3cnc(-n4nccn4)c(C#N)c3)c2C(F)(F)F)c(Cl)cn1. The number of anilines is 2. The lowest BCUT2D eigenvalue weighted by molar-refractivity contribution is -0.143. The lowest BCUT2D eigenvalue weighted by Gasteiger charge is -2.19. The zero-order chi connectivity index (χ0) is 29.2. The third-order valence-electron chi connectivity index (χ3n) is 4.83. The van der Waals surface area contributed by atoms with Gasteiger partial charge in [0.1, 0.15) is 23.1 Å². The zero-order valence-corrected chi connectivity index (χ0v) is 21.6. The molecule has 0 aliphatic heterocycles. The number of rotatable bonds is 5. The summed E-state index contributed by atoms with van der Waals surface area (Å²) in [6.45, 7) is 4.88. The van der Waals surface area contributed by atoms with E-state index in [1.54, 1.807) is 20.8 Å². The number of nitrogens with one attached hydrogen (secondary N) is 2. The summed E-state index contributed by atoms with van der Waals surface area (Å²) in [4.78, 5) is 34.0. The lowest BCUT2D eigenvalue weighted by Crippen LogP contribution is -2.27. The van der Waals surface area contributed by atoms with E-state index in [-0.39, 0.29) is 33.6 Å². The van der Waals surface area contributed by atoms with Crippen molar-refractivity contribution in [1.82, 2.24) is 34.7 Å². The van der Waals surface area contributed by atoms with Gasteiger partial charge in [-0.05, 0) is 26.8 Å². The van der Waals surface area contributed by atoms with Crippen LogP contribution in [0.15, 0.2) is 43.1 Å². The molecular formula is C23H18ClF3N10O3. The third-order valence-corrected chi connectivity index (χ3v) is 5.12. The van der Waals surface area contributed by atoms with Crippen molar-refractivity contribution < 1.29 is 27.5 Å². The Morgan fingerprint density at radius 2 is 1.73 bits per heavy atom. The Morgan fingerprint density at radius 1 is 1.02 bits per heavy atom. The summed E-state index contributed by atoms with van der Waals surface area (Å²) >= 11 is 6.12. The van der Waals surface area contributed by atoms with Gasteiger partial charge < -0.3 is 10.1 Å². The van der Waals surface area contributed by atoms with Gasteiger partial charge in [0.25, 0.3) is 5.91 Å². The summed E-state index contributed by atoms with van der Waals surface area (Å²) in [5.74, 6) is -1.31. The molecule has 0 radical (unpaired) electrons. The number of aromatic nitrogens is 7. The Labute approximate surface area is 228 Å². The van der Waals surface area contributed by atoms with E-state index in [1.165, 1.54) is 18.5 Å². The molecule has 2 amide bonds. The van der Waals surface area contributed by atoms with Gasteiger partial charge in [0, 0.05) is 6.07 Å². The molecular weight excluding hydrogens is 557 g/mol. The minimum absolute atomic E-state index is 0.0469. The Hall–Kier alpha value is -5.04. The highest BCUT2D eigenvalue weighted by atomic mass is 35.5. The molecule has 0 aliphatic carbocycles. The minimum Gasteiger partial charge on any atom is -0.444 e. The normalized spacial score (nSPS) is 11.6. The molecule has 0 spiro atoms. The maximum Gasteiger partial charge on any atom is 0.434 e. The number of halogens is 4. The number of carbonyl (C=O) groups is 2. The fraction of sp³-hybridized carbons (Fsp3) is 0.217. The van der Waals surface area contributed by atoms with Crippen LogP contribution in [0.25, 0.3) is 11.5 Å². The molecule has 0 atom stereocenters. The average molecular weight is 575 g/mol. The van der Waals surface area contributed by atoms with Crippen LogP contribution in [0.2, 0.25) is 5.02 Å². The van der Waals surface area contributed by atoms with Crippen molar-refractivity contribution in [3.63, 3.8) is 0 Å². The maximum absolute atomic E-state index is 14.2. The van der Waals surface area contributed by atoms with Gasteiger partial charge in [-0.15, -0.1) is 4.80 Å². The highest BCUT2D eigenvalue weighted by Crippen LogP contribution is 2.36. The smallest absolute Gasteiger partial charge is 0.434 e. The van der Waals surface area contributed by atoms with Gasteiger partial charge in [-0.3, -0.25) is 10.1 Å². The van der Waals surface area contributed by atoms with Gasteiger partial charge >= 0.3 is 12.3 Å². The third kappa shape index (κ3) is 6.15. The number of carbonyl (C=O) groups excluding carboxylic acids is 2. The molecule has 0 fully saturated rings. The van der Waals surface area contributed by atoms with Crippen LogP contribution in [0.1, 0.15) is 42.4 Å². The first-order chi connectivity index (χ1) is 18.8. The van der Waals surface area contributed by atoms with Crippen molar-refractivity contribution >= 4 is 35.1 Å². The summed E-state index contributed by atoms with van der Waals surface area (Å²) < 4.78 is 48.2. The highest BCUT2D eigenvalue weighted by Gasteiger charge is 2.41. The van der Waals surface area contributed by atoms with Crippen LogP contribution >= 0.6 is 11.6 Å². The predicted molar refractivity (Wildman–Crippen MR) is 133 cm³/mol. The molecule has 17 heteroatoms. The zero-order valence-electron chi connectivity index (χ0n) is 20.9. The maximum atomic E-state index is 14.2. The molecule has 0 bridgehead atoms. The van der Waals surface area contributed by atoms with Crippen molar-refractivity contribution in [2.24, 2.45) is 0 Å². The first-order valence-corrected chi connectivity index (χ1v) is 11.5. The van der Waals surface area contributed by atoms with Gasteiger partial charge in [0.05, 0.1) is 52.9 Å². The van der Waals surface area contributed by atoms with Crippen LogP contribution in [0.3, 0.4) is 0 Å². The minimum atomic E-state index is -5.07. The van der Waals surface area contributed by atoms with E-state index in [0.29, 0.717) is 10.9 Å². The van der Waals surface area contributed by atoms with E-state index in [1.807, 2.05) is 6.07 Å². The number of hydrogen-bond acceptors (Lipinski definition) is 9. The van der Waals surface area contributed by atoms with Crippen LogP contribution in [0.5, 0.6) is 0 Å². The number of nitriles is 1. The van der Waals surface area contributed by atoms with Crippen LogP contribution in [-0.4, -0.2) is 52.3 Å². The number of pyridine rings is 2. The fourth-order valence-corrected chi connectivity index (χ4v) is 3.51. The Kier molecular flexibility index (Phi) is 7.42. The van der Waals surface area contributed by atoms with Gasteiger partial charge in [0.15, 0.2) is 11.5 Å². The second kappa shape index (κ2) is 10.6. The van der Waals surface area contributed by atoms with Crippen molar-refractivity contribution in [2.75, 3.05) is 10.6 Å². The first-order valence-electron chi connectivity index (χ1n) is 11.2. The van der Waals surface area contributed by atoms with E-state index in [9.17, 15) is 28.0 Å². The van der Waals surface area contributed by atoms with Gasteiger partial charge in [0.2, 0.25) is 0 Å². The summed E-state index contributed by atoms with van der Waals surface area (Å²) in [5, 5.41) is 25.3. The van der Waals surface area contributed by atoms with Crippen LogP contribution < -0.4 is 10.6 Å². The Bertz CT molecular complexity index is 1620. The number of amides is 2. The van der Waals surface area contributed by atoms with Crippen molar-refractivity contribution in [1.29, 1.82) is 5.26 Å². The largest absolute Gasteiger partial charge is 0.444 e. The molecule has 2 N–H and O–H groups in total. The molecule has 0 saturated carbocycles. The van der Waals surface area contributed by atoms with Crippen molar-refractivity contribution in [2.45, 2.75) is 32.5 Å². The first kappa shape index (κ1) is 28.0. The van der Waals surface area contributed by atoms with Gasteiger partial charge in [-0.25, -0.2) is 19.4 Å². The second-order valence-electron chi connectivity index (χ2n) is 8.94. The topological polar surface area (TPSA) is 166 Å². The number of alkyl halides is 3. The van der Waals surface area contributed by atoms with E-state index < -0.39 is 35.0 Å². The number of hydrogen-bond donors (Lipinski definition) is 2. The molecule has 0 unspecified atom stereocenters. The number of nitrogens with zero attached hydrogens (tertiary/aromatic N) is 8. The molecule has 4 aromatic heterocycles. The van der Waals surface area contributed by atoms with Gasteiger partial charge in [-0.2, -0.15) is 33.7 Å². The second-order valence-corrected chi connectivity index (χ2v) is 9.35. The van der Waals surface area contributed by atoms with E-state index >= 15 is 0 Å². The Balaban J connectivity index is 1.67. The molecule has 206 valence electrons. The molecule has 4 aromatic rings. The van der Waals surface area contributed by atoms with E-state index in [4.69, 9.17) is 16.3 Å². The molecule has 0 aromatic carbocycles. The molecule has 40 heavy (non-hydrogen) atoms.